The van der Waals surface area contributed by atoms with Crippen molar-refractivity contribution in [2.24, 2.45) is 0 Å². The first-order chi connectivity index (χ1) is 14.5. The predicted octanol–water partition coefficient (Wildman–Crippen LogP) is 1.66. The highest BCUT2D eigenvalue weighted by Gasteiger charge is 2.26. The van der Waals surface area contributed by atoms with Crippen LogP contribution in [0.15, 0.2) is 65.6 Å². The van der Waals surface area contributed by atoms with E-state index in [9.17, 15) is 18.0 Å². The van der Waals surface area contributed by atoms with Gasteiger partial charge in [0, 0.05) is 39.1 Å². The molecule has 30 heavy (non-hydrogen) atoms. The molecule has 2 aromatic rings. The summed E-state index contributed by atoms with van der Waals surface area (Å²) < 4.78 is 27.4. The number of nitrogens with zero attached hydrogens (tertiary/aromatic N) is 2. The van der Waals surface area contributed by atoms with Crippen LogP contribution in [0.3, 0.4) is 0 Å². The molecule has 7 nitrogen and oxygen atoms in total. The average Bonchev–Trinajstić information content (AvgIpc) is 2.79. The second-order valence-electron chi connectivity index (χ2n) is 7.21. The number of nitrogens with one attached hydrogen (secondary N) is 1. The largest absolute Gasteiger partial charge is 0.354 e. The van der Waals surface area contributed by atoms with Crippen LogP contribution in [0.1, 0.15) is 18.4 Å². The van der Waals surface area contributed by atoms with Crippen molar-refractivity contribution in [2.45, 2.75) is 24.2 Å². The van der Waals surface area contributed by atoms with Gasteiger partial charge in [0.2, 0.25) is 21.8 Å². The van der Waals surface area contributed by atoms with Crippen LogP contribution in [0.25, 0.3) is 0 Å². The SMILES string of the molecule is O=C1CCN(S(=O)(=O)c2ccccc2)CCCN(C(=O)Cc2ccccc2)CCN1. The Balaban J connectivity index is 1.71. The predicted molar refractivity (Wildman–Crippen MR) is 114 cm³/mol. The van der Waals surface area contributed by atoms with Gasteiger partial charge in [0.25, 0.3) is 0 Å². The van der Waals surface area contributed by atoms with Crippen molar-refractivity contribution in [3.8, 4) is 0 Å². The summed E-state index contributed by atoms with van der Waals surface area (Å²) in [6.07, 6.45) is 0.867. The summed E-state index contributed by atoms with van der Waals surface area (Å²) in [6, 6.07) is 17.7. The normalized spacial score (nSPS) is 17.1. The lowest BCUT2D eigenvalue weighted by Gasteiger charge is -2.25. The van der Waals surface area contributed by atoms with Crippen molar-refractivity contribution < 1.29 is 18.0 Å². The van der Waals surface area contributed by atoms with Crippen LogP contribution in [0.4, 0.5) is 0 Å². The van der Waals surface area contributed by atoms with Crippen LogP contribution in [0.2, 0.25) is 0 Å². The van der Waals surface area contributed by atoms with Gasteiger partial charge in [-0.1, -0.05) is 48.5 Å². The van der Waals surface area contributed by atoms with Gasteiger partial charge < -0.3 is 10.2 Å². The molecule has 0 radical (unpaired) electrons. The van der Waals surface area contributed by atoms with E-state index in [1.807, 2.05) is 30.3 Å². The lowest BCUT2D eigenvalue weighted by atomic mass is 10.1. The highest BCUT2D eigenvalue weighted by molar-refractivity contribution is 7.89. The molecule has 2 aromatic carbocycles. The van der Waals surface area contributed by atoms with Gasteiger partial charge in [0.05, 0.1) is 11.3 Å². The molecule has 1 saturated heterocycles. The van der Waals surface area contributed by atoms with Crippen molar-refractivity contribution in [1.82, 2.24) is 14.5 Å². The number of benzene rings is 2. The van der Waals surface area contributed by atoms with Gasteiger partial charge in [-0.2, -0.15) is 4.31 Å². The second kappa shape index (κ2) is 10.4. The molecule has 0 aromatic heterocycles. The molecule has 1 N–H and O–H groups in total. The minimum atomic E-state index is -3.70. The Morgan fingerprint density at radius 1 is 0.900 bits per heavy atom. The van der Waals surface area contributed by atoms with Gasteiger partial charge in [-0.25, -0.2) is 8.42 Å². The molecule has 0 bridgehead atoms. The summed E-state index contributed by atoms with van der Waals surface area (Å²) >= 11 is 0. The standard InChI is InChI=1S/C22H27N3O4S/c26-21-12-16-25(30(28,29)20-10-5-2-6-11-20)15-7-14-24(17-13-23-21)22(27)18-19-8-3-1-4-9-19/h1-6,8-11H,7,12-18H2,(H,23,26). The van der Waals surface area contributed by atoms with Gasteiger partial charge in [-0.15, -0.1) is 0 Å². The van der Waals surface area contributed by atoms with E-state index in [-0.39, 0.29) is 42.6 Å². The maximum absolute atomic E-state index is 13.0. The number of rotatable bonds is 4. The maximum Gasteiger partial charge on any atom is 0.243 e. The van der Waals surface area contributed by atoms with E-state index in [1.54, 1.807) is 35.2 Å². The fourth-order valence-corrected chi connectivity index (χ4v) is 4.92. The Labute approximate surface area is 177 Å². The fraction of sp³-hybridized carbons (Fsp3) is 0.364. The third kappa shape index (κ3) is 5.90. The molecule has 1 aliphatic rings. The van der Waals surface area contributed by atoms with Gasteiger partial charge in [-0.3, -0.25) is 9.59 Å². The monoisotopic (exact) mass is 429 g/mol. The number of carbonyl (C=O) groups is 2. The smallest absolute Gasteiger partial charge is 0.243 e. The van der Waals surface area contributed by atoms with Crippen molar-refractivity contribution in [2.75, 3.05) is 32.7 Å². The zero-order valence-electron chi connectivity index (χ0n) is 16.9. The Bertz CT molecular complexity index is 949. The summed E-state index contributed by atoms with van der Waals surface area (Å²) in [4.78, 5) is 26.8. The van der Waals surface area contributed by atoms with Gasteiger partial charge in [0.15, 0.2) is 0 Å². The third-order valence-electron chi connectivity index (χ3n) is 5.06. The molecule has 2 amide bonds. The first-order valence-electron chi connectivity index (χ1n) is 10.1. The van der Waals surface area contributed by atoms with E-state index in [1.165, 1.54) is 4.31 Å². The maximum atomic E-state index is 13.0. The molecule has 0 atom stereocenters. The summed E-state index contributed by atoms with van der Waals surface area (Å²) in [6.45, 7) is 1.55. The van der Waals surface area contributed by atoms with E-state index in [2.05, 4.69) is 5.32 Å². The highest BCUT2D eigenvalue weighted by Crippen LogP contribution is 2.16. The van der Waals surface area contributed by atoms with Crippen LogP contribution < -0.4 is 5.32 Å². The zero-order chi connectivity index (χ0) is 21.4. The highest BCUT2D eigenvalue weighted by atomic mass is 32.2. The molecule has 0 saturated carbocycles. The quantitative estimate of drug-likeness (QED) is 0.801. The Kier molecular flexibility index (Phi) is 7.59. The summed E-state index contributed by atoms with van der Waals surface area (Å²) in [5.41, 5.74) is 0.925. The number of sulfonamides is 1. The van der Waals surface area contributed by atoms with Crippen LogP contribution in [-0.2, 0) is 26.0 Å². The molecule has 8 heteroatoms. The number of amides is 2. The van der Waals surface area contributed by atoms with Crippen LogP contribution in [-0.4, -0.2) is 62.2 Å². The lowest BCUT2D eigenvalue weighted by molar-refractivity contribution is -0.131. The number of carbonyl (C=O) groups excluding carboxylic acids is 2. The van der Waals surface area contributed by atoms with Crippen molar-refractivity contribution in [1.29, 1.82) is 0 Å². The molecule has 1 fully saturated rings. The van der Waals surface area contributed by atoms with Crippen LogP contribution in [0.5, 0.6) is 0 Å². The average molecular weight is 430 g/mol. The fourth-order valence-electron chi connectivity index (χ4n) is 3.42. The molecule has 0 unspecified atom stereocenters. The summed E-state index contributed by atoms with van der Waals surface area (Å²) in [5, 5.41) is 2.79. The van der Waals surface area contributed by atoms with Gasteiger partial charge >= 0.3 is 0 Å². The van der Waals surface area contributed by atoms with Crippen molar-refractivity contribution >= 4 is 21.8 Å². The second-order valence-corrected chi connectivity index (χ2v) is 9.15. The topological polar surface area (TPSA) is 86.8 Å². The Morgan fingerprint density at radius 2 is 1.57 bits per heavy atom. The van der Waals surface area contributed by atoms with Crippen molar-refractivity contribution in [3.63, 3.8) is 0 Å². The first kappa shape index (κ1) is 22.0. The Hall–Kier alpha value is -2.71. The van der Waals surface area contributed by atoms with Gasteiger partial charge in [-0.05, 0) is 24.1 Å². The molecule has 0 spiro atoms. The van der Waals surface area contributed by atoms with Gasteiger partial charge in [0.1, 0.15) is 0 Å². The number of hydrogen-bond acceptors (Lipinski definition) is 4. The third-order valence-corrected chi connectivity index (χ3v) is 6.97. The van der Waals surface area contributed by atoms with Crippen molar-refractivity contribution in [3.05, 3.63) is 66.2 Å². The van der Waals surface area contributed by atoms with E-state index >= 15 is 0 Å². The molecule has 1 aliphatic heterocycles. The summed E-state index contributed by atoms with van der Waals surface area (Å²) in [7, 11) is -3.70. The molecule has 3 rings (SSSR count). The molecular formula is C22H27N3O4S. The molecule has 160 valence electrons. The lowest BCUT2D eigenvalue weighted by Crippen LogP contribution is -2.40. The van der Waals surface area contributed by atoms with E-state index in [0.29, 0.717) is 26.1 Å². The first-order valence-corrected chi connectivity index (χ1v) is 11.5. The Morgan fingerprint density at radius 3 is 2.27 bits per heavy atom. The summed E-state index contributed by atoms with van der Waals surface area (Å²) in [5.74, 6) is -0.257. The molecular weight excluding hydrogens is 402 g/mol. The minimum absolute atomic E-state index is 0.0350. The van der Waals surface area contributed by atoms with Crippen LogP contribution in [0, 0.1) is 0 Å². The molecule has 0 aliphatic carbocycles. The van der Waals surface area contributed by atoms with E-state index in [4.69, 9.17) is 0 Å². The van der Waals surface area contributed by atoms with Crippen LogP contribution >= 0.6 is 0 Å². The zero-order valence-corrected chi connectivity index (χ0v) is 17.7. The minimum Gasteiger partial charge on any atom is -0.354 e. The molecule has 1 heterocycles. The van der Waals surface area contributed by atoms with E-state index < -0.39 is 10.0 Å². The number of hydrogen-bond donors (Lipinski definition) is 1. The van der Waals surface area contributed by atoms with E-state index in [0.717, 1.165) is 5.56 Å².